The van der Waals surface area contributed by atoms with E-state index in [2.05, 4.69) is 47.9 Å². The summed E-state index contributed by atoms with van der Waals surface area (Å²) in [6.45, 7) is 7.26. The van der Waals surface area contributed by atoms with Crippen molar-refractivity contribution in [1.29, 1.82) is 0 Å². The molecular formula is C24H34N4O2. The van der Waals surface area contributed by atoms with Gasteiger partial charge >= 0.3 is 0 Å². The molecule has 4 rings (SSSR count). The number of methoxy groups -OCH3 is 1. The third-order valence-corrected chi connectivity index (χ3v) is 5.89. The number of nitrogens with one attached hydrogen (secondary N) is 2. The quantitative estimate of drug-likeness (QED) is 0.677. The number of piperidine rings is 1. The molecule has 3 atom stereocenters. The summed E-state index contributed by atoms with van der Waals surface area (Å²) in [6.07, 6.45) is 4.59. The van der Waals surface area contributed by atoms with E-state index in [0.717, 1.165) is 43.6 Å². The minimum atomic E-state index is -0.00179. The largest absolute Gasteiger partial charge is 0.481 e. The highest BCUT2D eigenvalue weighted by molar-refractivity contribution is 5.39. The molecule has 2 N–H and O–H groups in total. The van der Waals surface area contributed by atoms with E-state index in [-0.39, 0.29) is 18.2 Å². The Balaban J connectivity index is 1.62. The lowest BCUT2D eigenvalue weighted by Gasteiger charge is -2.36. The fourth-order valence-corrected chi connectivity index (χ4v) is 4.29. The molecule has 2 fully saturated rings. The zero-order valence-corrected chi connectivity index (χ0v) is 18.5. The molecule has 162 valence electrons. The van der Waals surface area contributed by atoms with Gasteiger partial charge in [-0.2, -0.15) is 9.97 Å². The smallest absolute Gasteiger partial charge is 0.225 e. The summed E-state index contributed by atoms with van der Waals surface area (Å²) in [7, 11) is 1.68. The van der Waals surface area contributed by atoms with Crippen LogP contribution < -0.4 is 20.1 Å². The van der Waals surface area contributed by atoms with Gasteiger partial charge in [0, 0.05) is 24.0 Å². The molecule has 6 heteroatoms. The molecule has 0 bridgehead atoms. The maximum absolute atomic E-state index is 6.14. The second kappa shape index (κ2) is 9.31. The molecule has 2 heterocycles. The van der Waals surface area contributed by atoms with Gasteiger partial charge in [-0.05, 0) is 58.6 Å². The van der Waals surface area contributed by atoms with Crippen LogP contribution in [0, 0.1) is 0 Å². The summed E-state index contributed by atoms with van der Waals surface area (Å²) in [5.74, 6) is 2.57. The van der Waals surface area contributed by atoms with Crippen molar-refractivity contribution in [3.8, 4) is 11.8 Å². The number of hydrogen-bond donors (Lipinski definition) is 2. The van der Waals surface area contributed by atoms with Gasteiger partial charge in [-0.15, -0.1) is 0 Å². The average Bonchev–Trinajstić information content (AvgIpc) is 3.59. The van der Waals surface area contributed by atoms with E-state index in [1.807, 2.05) is 13.8 Å². The summed E-state index contributed by atoms with van der Waals surface area (Å²) in [4.78, 5) is 9.55. The molecule has 1 saturated heterocycles. The lowest BCUT2D eigenvalue weighted by atomic mass is 9.91. The zero-order chi connectivity index (χ0) is 21.1. The lowest BCUT2D eigenvalue weighted by Crippen LogP contribution is -2.46. The van der Waals surface area contributed by atoms with Crippen LogP contribution in [0.1, 0.15) is 81.4 Å². The van der Waals surface area contributed by atoms with Crippen LogP contribution in [0.2, 0.25) is 0 Å². The van der Waals surface area contributed by atoms with E-state index in [1.165, 1.54) is 5.56 Å². The number of nitrogens with zero attached hydrogens (tertiary/aromatic N) is 2. The Bertz CT molecular complexity index is 839. The molecular weight excluding hydrogens is 376 g/mol. The second-order valence-electron chi connectivity index (χ2n) is 8.73. The molecule has 0 spiro atoms. The number of benzene rings is 1. The Hall–Kier alpha value is -2.18. The van der Waals surface area contributed by atoms with Gasteiger partial charge in [0.1, 0.15) is 5.82 Å². The predicted octanol–water partition coefficient (Wildman–Crippen LogP) is 4.29. The van der Waals surface area contributed by atoms with Gasteiger partial charge in [-0.1, -0.05) is 30.3 Å². The van der Waals surface area contributed by atoms with E-state index in [4.69, 9.17) is 19.4 Å². The van der Waals surface area contributed by atoms with Crippen LogP contribution in [-0.2, 0) is 0 Å². The minimum absolute atomic E-state index is 0.00179. The SMILES string of the molecule is COc1nc(C2CC2)nc(OC(C)C)c1C(C)N[C@H]1CCCN[C@H]1c1ccccc1. The van der Waals surface area contributed by atoms with Crippen molar-refractivity contribution >= 4 is 0 Å². The summed E-state index contributed by atoms with van der Waals surface area (Å²) in [5.41, 5.74) is 2.22. The van der Waals surface area contributed by atoms with Gasteiger partial charge in [-0.25, -0.2) is 0 Å². The first-order valence-electron chi connectivity index (χ1n) is 11.2. The molecule has 0 radical (unpaired) electrons. The van der Waals surface area contributed by atoms with Crippen LogP contribution >= 0.6 is 0 Å². The van der Waals surface area contributed by atoms with E-state index in [0.29, 0.717) is 23.7 Å². The molecule has 1 aliphatic heterocycles. The van der Waals surface area contributed by atoms with E-state index in [1.54, 1.807) is 7.11 Å². The molecule has 30 heavy (non-hydrogen) atoms. The van der Waals surface area contributed by atoms with Crippen molar-refractivity contribution in [2.24, 2.45) is 0 Å². The number of aromatic nitrogens is 2. The van der Waals surface area contributed by atoms with Gasteiger partial charge in [0.05, 0.1) is 18.8 Å². The Morgan fingerprint density at radius 2 is 1.77 bits per heavy atom. The first-order chi connectivity index (χ1) is 14.6. The third kappa shape index (κ3) is 4.76. The maximum atomic E-state index is 6.14. The second-order valence-corrected chi connectivity index (χ2v) is 8.73. The monoisotopic (exact) mass is 410 g/mol. The van der Waals surface area contributed by atoms with Gasteiger partial charge in [0.25, 0.3) is 0 Å². The van der Waals surface area contributed by atoms with Crippen molar-refractivity contribution < 1.29 is 9.47 Å². The van der Waals surface area contributed by atoms with Crippen molar-refractivity contribution in [3.05, 3.63) is 47.3 Å². The van der Waals surface area contributed by atoms with Gasteiger partial charge in [0.2, 0.25) is 11.8 Å². The van der Waals surface area contributed by atoms with E-state index in [9.17, 15) is 0 Å². The van der Waals surface area contributed by atoms with Crippen molar-refractivity contribution in [3.63, 3.8) is 0 Å². The summed E-state index contributed by atoms with van der Waals surface area (Å²) in [5, 5.41) is 7.53. The van der Waals surface area contributed by atoms with Gasteiger partial charge in [0.15, 0.2) is 0 Å². The average molecular weight is 411 g/mol. The topological polar surface area (TPSA) is 68.3 Å². The first kappa shape index (κ1) is 21.1. The van der Waals surface area contributed by atoms with Gasteiger partial charge < -0.3 is 20.1 Å². The minimum Gasteiger partial charge on any atom is -0.481 e. The lowest BCUT2D eigenvalue weighted by molar-refractivity contribution is 0.220. The third-order valence-electron chi connectivity index (χ3n) is 5.89. The Morgan fingerprint density at radius 3 is 2.43 bits per heavy atom. The first-order valence-corrected chi connectivity index (χ1v) is 11.2. The molecule has 1 aromatic carbocycles. The molecule has 6 nitrogen and oxygen atoms in total. The number of hydrogen-bond acceptors (Lipinski definition) is 6. The molecule has 1 unspecified atom stereocenters. The zero-order valence-electron chi connectivity index (χ0n) is 18.5. The summed E-state index contributed by atoms with van der Waals surface area (Å²) in [6, 6.07) is 11.2. The van der Waals surface area contributed by atoms with Crippen molar-refractivity contribution in [2.45, 2.75) is 76.6 Å². The predicted molar refractivity (Wildman–Crippen MR) is 118 cm³/mol. The number of rotatable bonds is 8. The maximum Gasteiger partial charge on any atom is 0.225 e. The van der Waals surface area contributed by atoms with Crippen LogP contribution in [0.3, 0.4) is 0 Å². The fraction of sp³-hybridized carbons (Fsp3) is 0.583. The van der Waals surface area contributed by atoms with E-state index >= 15 is 0 Å². The molecule has 2 aliphatic rings. The Labute approximate surface area is 179 Å². The van der Waals surface area contributed by atoms with Crippen LogP contribution in [0.4, 0.5) is 0 Å². The highest BCUT2D eigenvalue weighted by Crippen LogP contribution is 2.42. The highest BCUT2D eigenvalue weighted by atomic mass is 16.5. The molecule has 0 amide bonds. The fourth-order valence-electron chi connectivity index (χ4n) is 4.29. The van der Waals surface area contributed by atoms with Crippen LogP contribution in [0.15, 0.2) is 30.3 Å². The van der Waals surface area contributed by atoms with Crippen molar-refractivity contribution in [1.82, 2.24) is 20.6 Å². The Kier molecular flexibility index (Phi) is 6.54. The molecule has 2 aromatic rings. The van der Waals surface area contributed by atoms with Crippen molar-refractivity contribution in [2.75, 3.05) is 13.7 Å². The molecule has 1 aromatic heterocycles. The highest BCUT2D eigenvalue weighted by Gasteiger charge is 2.33. The van der Waals surface area contributed by atoms with Crippen LogP contribution in [-0.4, -0.2) is 35.8 Å². The Morgan fingerprint density at radius 1 is 1.03 bits per heavy atom. The van der Waals surface area contributed by atoms with Crippen LogP contribution in [0.25, 0.3) is 0 Å². The standard InChI is InChI=1S/C24H34N4O2/c1-15(2)30-24-20(23(29-4)27-22(28-24)18-12-13-18)16(3)26-19-11-8-14-25-21(19)17-9-6-5-7-10-17/h5-7,9-10,15-16,18-19,21,25-26H,8,11-14H2,1-4H3/t16?,19-,21-/m0/s1. The van der Waals surface area contributed by atoms with Gasteiger partial charge in [-0.3, -0.25) is 0 Å². The summed E-state index contributed by atoms with van der Waals surface area (Å²) >= 11 is 0. The molecule has 1 aliphatic carbocycles. The summed E-state index contributed by atoms with van der Waals surface area (Å²) < 4.78 is 11.9. The van der Waals surface area contributed by atoms with E-state index < -0.39 is 0 Å². The van der Waals surface area contributed by atoms with Crippen LogP contribution in [0.5, 0.6) is 11.8 Å². The molecule has 1 saturated carbocycles. The number of ether oxygens (including phenoxy) is 2. The normalized spacial score (nSPS) is 22.7.